The van der Waals surface area contributed by atoms with Gasteiger partial charge in [-0.05, 0) is 64.9 Å². The van der Waals surface area contributed by atoms with Gasteiger partial charge in [-0.15, -0.1) is 0 Å². The quantitative estimate of drug-likeness (QED) is 0.654. The second kappa shape index (κ2) is 4.89. The van der Waals surface area contributed by atoms with Crippen LogP contribution in [0.2, 0.25) is 0 Å². The van der Waals surface area contributed by atoms with Gasteiger partial charge in [0.05, 0.1) is 22.3 Å². The molecule has 0 aliphatic carbocycles. The third kappa shape index (κ3) is 1.98. The lowest BCUT2D eigenvalue weighted by molar-refractivity contribution is 1.05. The van der Waals surface area contributed by atoms with Crippen molar-refractivity contribution in [1.29, 1.82) is 5.26 Å². The zero-order valence-corrected chi connectivity index (χ0v) is 13.0. The number of imidazole rings is 1. The summed E-state index contributed by atoms with van der Waals surface area (Å²) in [5, 5.41) is 9.18. The summed E-state index contributed by atoms with van der Waals surface area (Å²) in [5.74, 6) is 0. The fourth-order valence-electron chi connectivity index (χ4n) is 2.26. The topological polar surface area (TPSA) is 44.5 Å². The lowest BCUT2D eigenvalue weighted by atomic mass is 10.2. The Kier molecular flexibility index (Phi) is 3.20. The number of rotatable bonds is 1. The molecule has 0 saturated carbocycles. The number of aromatic nitrogens is 2. The van der Waals surface area contributed by atoms with Gasteiger partial charge in [-0.2, -0.15) is 5.26 Å². The summed E-state index contributed by atoms with van der Waals surface area (Å²) >= 11 is 8.98. The second-order valence-electron chi connectivity index (χ2n) is 4.53. The second-order valence-corrected chi connectivity index (χ2v) is 5.77. The first-order valence-corrected chi connectivity index (χ1v) is 7.22. The highest BCUT2D eigenvalue weighted by Gasteiger charge is 2.11. The molecule has 1 N–H and O–H groups in total. The highest BCUT2D eigenvalue weighted by Crippen LogP contribution is 2.27. The van der Waals surface area contributed by atoms with Crippen LogP contribution < -0.4 is 0 Å². The maximum Gasteiger partial charge on any atom is 0.182 e. The van der Waals surface area contributed by atoms with Crippen LogP contribution in [0.3, 0.4) is 0 Å². The van der Waals surface area contributed by atoms with Crippen molar-refractivity contribution in [1.82, 2.24) is 9.55 Å². The Morgan fingerprint density at radius 1 is 1.30 bits per heavy atom. The molecule has 0 aliphatic rings. The molecule has 0 unspecified atom stereocenters. The van der Waals surface area contributed by atoms with Crippen LogP contribution in [0.1, 0.15) is 11.1 Å². The summed E-state index contributed by atoms with van der Waals surface area (Å²) in [6, 6.07) is 13.9. The molecule has 1 heterocycles. The molecule has 3 aromatic rings. The molecular formula is C15H10BrN3S. The summed E-state index contributed by atoms with van der Waals surface area (Å²) in [5.41, 5.74) is 4.39. The predicted octanol–water partition coefficient (Wildman–Crippen LogP) is 4.63. The van der Waals surface area contributed by atoms with Crippen LogP contribution in [0, 0.1) is 23.0 Å². The smallest absolute Gasteiger partial charge is 0.182 e. The maximum absolute atomic E-state index is 9.18. The van der Waals surface area contributed by atoms with E-state index >= 15 is 0 Å². The molecule has 5 heteroatoms. The third-order valence-corrected chi connectivity index (χ3v) is 4.14. The molecule has 98 valence electrons. The molecule has 0 radical (unpaired) electrons. The molecule has 3 rings (SSSR count). The monoisotopic (exact) mass is 343 g/mol. The molecule has 0 atom stereocenters. The summed E-state index contributed by atoms with van der Waals surface area (Å²) in [6.07, 6.45) is 0. The minimum absolute atomic E-state index is 0.578. The van der Waals surface area contributed by atoms with Crippen molar-refractivity contribution in [3.05, 3.63) is 56.8 Å². The van der Waals surface area contributed by atoms with Crippen molar-refractivity contribution in [2.24, 2.45) is 0 Å². The maximum atomic E-state index is 9.18. The summed E-state index contributed by atoms with van der Waals surface area (Å²) in [7, 11) is 0. The van der Waals surface area contributed by atoms with E-state index in [2.05, 4.69) is 33.0 Å². The average Bonchev–Trinajstić information content (AvgIpc) is 2.77. The lowest BCUT2D eigenvalue weighted by Crippen LogP contribution is -1.96. The van der Waals surface area contributed by atoms with Gasteiger partial charge in [0, 0.05) is 4.47 Å². The van der Waals surface area contributed by atoms with E-state index < -0.39 is 0 Å². The lowest BCUT2D eigenvalue weighted by Gasteiger charge is -2.08. The van der Waals surface area contributed by atoms with E-state index in [1.165, 1.54) is 0 Å². The first-order valence-electron chi connectivity index (χ1n) is 6.02. The van der Waals surface area contributed by atoms with E-state index in [0.717, 1.165) is 26.8 Å². The number of para-hydroxylation sites is 1. The number of benzene rings is 2. The largest absolute Gasteiger partial charge is 0.329 e. The number of nitrogens with one attached hydrogen (secondary N) is 1. The van der Waals surface area contributed by atoms with E-state index in [0.29, 0.717) is 10.3 Å². The van der Waals surface area contributed by atoms with E-state index in [4.69, 9.17) is 12.2 Å². The number of hydrogen-bond donors (Lipinski definition) is 1. The Balaban J connectivity index is 2.44. The van der Waals surface area contributed by atoms with E-state index in [9.17, 15) is 5.26 Å². The Hall–Kier alpha value is -1.90. The first-order chi connectivity index (χ1) is 9.61. The Labute approximate surface area is 129 Å². The van der Waals surface area contributed by atoms with E-state index in [-0.39, 0.29) is 0 Å². The zero-order chi connectivity index (χ0) is 14.3. The number of halogens is 1. The Morgan fingerprint density at radius 2 is 2.10 bits per heavy atom. The highest BCUT2D eigenvalue weighted by atomic mass is 79.9. The fourth-order valence-corrected chi connectivity index (χ4v) is 2.98. The van der Waals surface area contributed by atoms with Crippen LogP contribution in [0.5, 0.6) is 0 Å². The number of fused-ring (bicyclic) bond motifs is 1. The van der Waals surface area contributed by atoms with Gasteiger partial charge in [-0.3, -0.25) is 4.57 Å². The molecule has 20 heavy (non-hydrogen) atoms. The van der Waals surface area contributed by atoms with E-state index in [1.807, 2.05) is 35.8 Å². The molecule has 2 aromatic carbocycles. The van der Waals surface area contributed by atoms with Crippen LogP contribution in [-0.2, 0) is 0 Å². The van der Waals surface area contributed by atoms with Crippen molar-refractivity contribution < 1.29 is 0 Å². The zero-order valence-electron chi connectivity index (χ0n) is 10.6. The van der Waals surface area contributed by atoms with Gasteiger partial charge >= 0.3 is 0 Å². The summed E-state index contributed by atoms with van der Waals surface area (Å²) in [4.78, 5) is 3.13. The molecule has 0 aliphatic heterocycles. The van der Waals surface area contributed by atoms with Gasteiger partial charge < -0.3 is 4.98 Å². The van der Waals surface area contributed by atoms with Crippen molar-refractivity contribution in [3.63, 3.8) is 0 Å². The molecular weight excluding hydrogens is 334 g/mol. The van der Waals surface area contributed by atoms with Crippen LogP contribution >= 0.6 is 28.1 Å². The van der Waals surface area contributed by atoms with Crippen LogP contribution in [-0.4, -0.2) is 9.55 Å². The number of aryl methyl sites for hydroxylation is 1. The van der Waals surface area contributed by atoms with Crippen LogP contribution in [0.15, 0.2) is 40.9 Å². The first kappa shape index (κ1) is 13.1. The number of hydrogen-bond acceptors (Lipinski definition) is 2. The number of H-pyrrole nitrogens is 1. The van der Waals surface area contributed by atoms with E-state index in [1.54, 1.807) is 6.07 Å². The normalized spacial score (nSPS) is 10.7. The minimum Gasteiger partial charge on any atom is -0.329 e. The van der Waals surface area contributed by atoms with Crippen molar-refractivity contribution in [2.45, 2.75) is 6.92 Å². The van der Waals surface area contributed by atoms with Crippen molar-refractivity contribution in [2.75, 3.05) is 0 Å². The molecule has 0 saturated heterocycles. The number of nitrogens with zero attached hydrogens (tertiary/aromatic N) is 2. The summed E-state index contributed by atoms with van der Waals surface area (Å²) < 4.78 is 3.49. The summed E-state index contributed by atoms with van der Waals surface area (Å²) in [6.45, 7) is 2.04. The van der Waals surface area contributed by atoms with Gasteiger partial charge in [-0.25, -0.2) is 0 Å². The molecule has 0 spiro atoms. The van der Waals surface area contributed by atoms with Gasteiger partial charge in [0.1, 0.15) is 6.07 Å². The Morgan fingerprint density at radius 3 is 2.85 bits per heavy atom. The minimum atomic E-state index is 0.578. The SMILES string of the molecule is Cc1ccc(Br)c(-n2c(=S)[nH]c3c(C#N)cccc32)c1. The van der Waals surface area contributed by atoms with Gasteiger partial charge in [0.25, 0.3) is 0 Å². The highest BCUT2D eigenvalue weighted by molar-refractivity contribution is 9.10. The average molecular weight is 344 g/mol. The fraction of sp³-hybridized carbons (Fsp3) is 0.0667. The predicted molar refractivity (Wildman–Crippen MR) is 85.6 cm³/mol. The Bertz CT molecular complexity index is 915. The standard InChI is InChI=1S/C15H10BrN3S/c1-9-5-6-11(16)13(7-9)19-12-4-2-3-10(8-17)14(12)18-15(19)20/h2-7H,1H3,(H,18,20). The molecule has 0 bridgehead atoms. The van der Waals surface area contributed by atoms with Crippen LogP contribution in [0.25, 0.3) is 16.7 Å². The van der Waals surface area contributed by atoms with Crippen molar-refractivity contribution in [3.8, 4) is 11.8 Å². The number of nitriles is 1. The van der Waals surface area contributed by atoms with Crippen molar-refractivity contribution >= 4 is 39.2 Å². The van der Waals surface area contributed by atoms with Gasteiger partial charge in [-0.1, -0.05) is 12.1 Å². The third-order valence-electron chi connectivity index (χ3n) is 3.18. The molecule has 1 aromatic heterocycles. The molecule has 0 amide bonds. The number of aromatic amines is 1. The van der Waals surface area contributed by atoms with Gasteiger partial charge in [0.15, 0.2) is 4.77 Å². The van der Waals surface area contributed by atoms with Gasteiger partial charge in [0.2, 0.25) is 0 Å². The van der Waals surface area contributed by atoms with Crippen LogP contribution in [0.4, 0.5) is 0 Å². The molecule has 3 nitrogen and oxygen atoms in total. The molecule has 0 fully saturated rings.